The average molecular weight is 270 g/mol. The summed E-state index contributed by atoms with van der Waals surface area (Å²) >= 11 is 1.14. The number of aliphatic hydroxyl groups is 1. The van der Waals surface area contributed by atoms with Crippen LogP contribution in [0.3, 0.4) is 0 Å². The van der Waals surface area contributed by atoms with Crippen LogP contribution in [-0.4, -0.2) is 28.9 Å². The molecule has 1 atom stereocenters. The van der Waals surface area contributed by atoms with Crippen molar-refractivity contribution in [3.8, 4) is 5.75 Å². The Kier molecular flexibility index (Phi) is 4.60. The molecule has 1 aliphatic carbocycles. The molecule has 100 valence electrons. The minimum absolute atomic E-state index is 0.174. The van der Waals surface area contributed by atoms with E-state index in [2.05, 4.69) is 0 Å². The van der Waals surface area contributed by atoms with Gasteiger partial charge in [0.1, 0.15) is 12.4 Å². The highest BCUT2D eigenvalue weighted by atomic mass is 32.1. The highest BCUT2D eigenvalue weighted by molar-refractivity contribution is 7.12. The second kappa shape index (κ2) is 6.20. The van der Waals surface area contributed by atoms with Crippen LogP contribution < -0.4 is 4.74 Å². The summed E-state index contributed by atoms with van der Waals surface area (Å²) in [6, 6.07) is 1.64. The van der Waals surface area contributed by atoms with Crippen LogP contribution in [0.1, 0.15) is 41.8 Å². The van der Waals surface area contributed by atoms with Gasteiger partial charge in [0.2, 0.25) is 0 Å². The van der Waals surface area contributed by atoms with E-state index in [4.69, 9.17) is 9.84 Å². The van der Waals surface area contributed by atoms with E-state index in [1.807, 2.05) is 0 Å². The Hall–Kier alpha value is -1.07. The van der Waals surface area contributed by atoms with Gasteiger partial charge in [-0.3, -0.25) is 0 Å². The molecule has 1 aromatic rings. The Balaban J connectivity index is 1.79. The minimum atomic E-state index is -0.981. The molecular formula is C13H18O4S. The van der Waals surface area contributed by atoms with Gasteiger partial charge in [0.05, 0.1) is 6.10 Å². The lowest BCUT2D eigenvalue weighted by atomic mass is 10.0. The largest absolute Gasteiger partial charge is 0.489 e. The summed E-state index contributed by atoms with van der Waals surface area (Å²) in [6.07, 6.45) is 5.14. The Morgan fingerprint density at radius 3 is 2.89 bits per heavy atom. The first-order chi connectivity index (χ1) is 8.66. The van der Waals surface area contributed by atoms with Crippen LogP contribution in [-0.2, 0) is 0 Å². The SMILES string of the molecule is O=C(O)c1sccc1OCC(O)CC1CCCC1. The van der Waals surface area contributed by atoms with Crippen LogP contribution in [0.2, 0.25) is 0 Å². The molecule has 1 fully saturated rings. The molecule has 0 aromatic carbocycles. The van der Waals surface area contributed by atoms with E-state index in [1.54, 1.807) is 11.4 Å². The smallest absolute Gasteiger partial charge is 0.349 e. The van der Waals surface area contributed by atoms with E-state index in [0.717, 1.165) is 17.8 Å². The summed E-state index contributed by atoms with van der Waals surface area (Å²) < 4.78 is 5.39. The third-order valence-electron chi connectivity index (χ3n) is 3.33. The van der Waals surface area contributed by atoms with Gasteiger partial charge in [0, 0.05) is 0 Å². The number of hydrogen-bond acceptors (Lipinski definition) is 4. The number of carbonyl (C=O) groups is 1. The molecule has 5 heteroatoms. The van der Waals surface area contributed by atoms with Gasteiger partial charge in [0.15, 0.2) is 4.88 Å². The predicted molar refractivity (Wildman–Crippen MR) is 69.4 cm³/mol. The lowest BCUT2D eigenvalue weighted by Crippen LogP contribution is -2.20. The Labute approximate surface area is 110 Å². The first-order valence-corrected chi connectivity index (χ1v) is 7.16. The maximum absolute atomic E-state index is 10.9. The maximum atomic E-state index is 10.9. The van der Waals surface area contributed by atoms with Crippen molar-refractivity contribution in [1.82, 2.24) is 0 Å². The highest BCUT2D eigenvalue weighted by Gasteiger charge is 2.20. The van der Waals surface area contributed by atoms with Gasteiger partial charge in [-0.2, -0.15) is 0 Å². The fourth-order valence-corrected chi connectivity index (χ4v) is 3.12. The molecule has 1 heterocycles. The minimum Gasteiger partial charge on any atom is -0.489 e. The third-order valence-corrected chi connectivity index (χ3v) is 4.22. The van der Waals surface area contributed by atoms with Crippen molar-refractivity contribution in [3.05, 3.63) is 16.3 Å². The van der Waals surface area contributed by atoms with E-state index in [1.165, 1.54) is 25.7 Å². The van der Waals surface area contributed by atoms with E-state index in [9.17, 15) is 9.90 Å². The van der Waals surface area contributed by atoms with Gasteiger partial charge >= 0.3 is 5.97 Å². The molecule has 4 nitrogen and oxygen atoms in total. The van der Waals surface area contributed by atoms with Gasteiger partial charge in [-0.1, -0.05) is 25.7 Å². The average Bonchev–Trinajstić information content (AvgIpc) is 2.96. The lowest BCUT2D eigenvalue weighted by Gasteiger charge is -2.15. The van der Waals surface area contributed by atoms with Gasteiger partial charge in [-0.25, -0.2) is 4.79 Å². The summed E-state index contributed by atoms with van der Waals surface area (Å²) in [6.45, 7) is 0.174. The van der Waals surface area contributed by atoms with Crippen LogP contribution in [0.5, 0.6) is 5.75 Å². The standard InChI is InChI=1S/C13H18O4S/c14-10(7-9-3-1-2-4-9)8-17-11-5-6-18-12(11)13(15)16/h5-6,9-10,14H,1-4,7-8H2,(H,15,16). The van der Waals surface area contributed by atoms with E-state index >= 15 is 0 Å². The zero-order valence-corrected chi connectivity index (χ0v) is 11.0. The molecule has 1 aromatic heterocycles. The third kappa shape index (κ3) is 3.46. The first kappa shape index (κ1) is 13.4. The van der Waals surface area contributed by atoms with Crippen molar-refractivity contribution in [2.45, 2.75) is 38.2 Å². The number of hydrogen-bond donors (Lipinski definition) is 2. The summed E-state index contributed by atoms with van der Waals surface area (Å²) in [5.74, 6) is -0.0201. The van der Waals surface area contributed by atoms with Crippen molar-refractivity contribution < 1.29 is 19.7 Å². The molecule has 0 aliphatic heterocycles. The molecule has 1 saturated carbocycles. The van der Waals surface area contributed by atoms with Crippen LogP contribution in [0.15, 0.2) is 11.4 Å². The quantitative estimate of drug-likeness (QED) is 0.834. The second-order valence-corrected chi connectivity index (χ2v) is 5.69. The van der Waals surface area contributed by atoms with Crippen molar-refractivity contribution in [3.63, 3.8) is 0 Å². The second-order valence-electron chi connectivity index (χ2n) is 4.77. The molecule has 2 rings (SSSR count). The van der Waals surface area contributed by atoms with Crippen molar-refractivity contribution in [2.75, 3.05) is 6.61 Å². The van der Waals surface area contributed by atoms with Crippen LogP contribution in [0, 0.1) is 5.92 Å². The molecule has 0 radical (unpaired) electrons. The van der Waals surface area contributed by atoms with Crippen molar-refractivity contribution in [2.24, 2.45) is 5.92 Å². The topological polar surface area (TPSA) is 66.8 Å². The number of aromatic carboxylic acids is 1. The van der Waals surface area contributed by atoms with Gasteiger partial charge < -0.3 is 14.9 Å². The van der Waals surface area contributed by atoms with Crippen LogP contribution in [0.4, 0.5) is 0 Å². The molecule has 18 heavy (non-hydrogen) atoms. The molecule has 1 aliphatic rings. The van der Waals surface area contributed by atoms with E-state index < -0.39 is 12.1 Å². The summed E-state index contributed by atoms with van der Waals surface area (Å²) in [5.41, 5.74) is 0. The van der Waals surface area contributed by atoms with Crippen LogP contribution >= 0.6 is 11.3 Å². The predicted octanol–water partition coefficient (Wildman–Crippen LogP) is 2.77. The lowest BCUT2D eigenvalue weighted by molar-refractivity contribution is 0.0679. The highest BCUT2D eigenvalue weighted by Crippen LogP contribution is 2.29. The Morgan fingerprint density at radius 2 is 2.22 bits per heavy atom. The number of aliphatic hydroxyl groups excluding tert-OH is 1. The number of ether oxygens (including phenoxy) is 1. The van der Waals surface area contributed by atoms with Crippen molar-refractivity contribution in [1.29, 1.82) is 0 Å². The number of carboxylic acid groups (broad SMARTS) is 1. The zero-order valence-electron chi connectivity index (χ0n) is 10.2. The Morgan fingerprint density at radius 1 is 1.50 bits per heavy atom. The monoisotopic (exact) mass is 270 g/mol. The molecule has 0 bridgehead atoms. The molecular weight excluding hydrogens is 252 g/mol. The number of thiophene rings is 1. The number of carboxylic acids is 1. The summed E-state index contributed by atoms with van der Waals surface area (Å²) in [4.78, 5) is 11.1. The van der Waals surface area contributed by atoms with E-state index in [-0.39, 0.29) is 11.5 Å². The van der Waals surface area contributed by atoms with Crippen LogP contribution in [0.25, 0.3) is 0 Å². The van der Waals surface area contributed by atoms with Gasteiger partial charge in [-0.05, 0) is 23.8 Å². The van der Waals surface area contributed by atoms with Gasteiger partial charge in [-0.15, -0.1) is 11.3 Å². The van der Waals surface area contributed by atoms with Crippen molar-refractivity contribution >= 4 is 17.3 Å². The molecule has 2 N–H and O–H groups in total. The first-order valence-electron chi connectivity index (χ1n) is 6.28. The normalized spacial score (nSPS) is 17.8. The van der Waals surface area contributed by atoms with Gasteiger partial charge in [0.25, 0.3) is 0 Å². The van der Waals surface area contributed by atoms with E-state index in [0.29, 0.717) is 11.7 Å². The molecule has 1 unspecified atom stereocenters. The molecule has 0 saturated heterocycles. The summed E-state index contributed by atoms with van der Waals surface area (Å²) in [5, 5.41) is 20.5. The fourth-order valence-electron chi connectivity index (χ4n) is 2.45. The maximum Gasteiger partial charge on any atom is 0.349 e. The summed E-state index contributed by atoms with van der Waals surface area (Å²) in [7, 11) is 0. The Bertz CT molecular complexity index is 395. The number of rotatable bonds is 6. The fraction of sp³-hybridized carbons (Fsp3) is 0.615. The molecule has 0 spiro atoms. The zero-order chi connectivity index (χ0) is 13.0. The molecule has 0 amide bonds.